The van der Waals surface area contributed by atoms with Gasteiger partial charge in [0.1, 0.15) is 5.75 Å². The van der Waals surface area contributed by atoms with Crippen LogP contribution in [0.5, 0.6) is 5.75 Å². The van der Waals surface area contributed by atoms with Crippen LogP contribution in [0.1, 0.15) is 17.0 Å². The lowest BCUT2D eigenvalue weighted by Crippen LogP contribution is -2.15. The lowest BCUT2D eigenvalue weighted by atomic mass is 9.92. The quantitative estimate of drug-likeness (QED) is 0.904. The third-order valence-electron chi connectivity index (χ3n) is 3.30. The van der Waals surface area contributed by atoms with Crippen molar-refractivity contribution in [2.24, 2.45) is 5.73 Å². The maximum absolute atomic E-state index is 6.20. The zero-order valence-corrected chi connectivity index (χ0v) is 11.7. The van der Waals surface area contributed by atoms with Crippen molar-refractivity contribution in [2.75, 3.05) is 13.7 Å². The zero-order chi connectivity index (χ0) is 13.7. The predicted octanol–water partition coefficient (Wildman–Crippen LogP) is 3.63. The molecule has 3 heteroatoms. The van der Waals surface area contributed by atoms with Crippen LogP contribution in [-0.2, 0) is 6.42 Å². The van der Waals surface area contributed by atoms with Gasteiger partial charge in [-0.15, -0.1) is 0 Å². The topological polar surface area (TPSA) is 35.2 Å². The number of methoxy groups -OCH3 is 1. The van der Waals surface area contributed by atoms with Gasteiger partial charge in [0, 0.05) is 10.9 Å². The highest BCUT2D eigenvalue weighted by molar-refractivity contribution is 6.31. The minimum atomic E-state index is 0.269. The van der Waals surface area contributed by atoms with Crippen molar-refractivity contribution in [1.82, 2.24) is 0 Å². The molecule has 2 N–H and O–H groups in total. The SMILES string of the molecule is COc1ccc(C(CN)Cc2ccccc2Cl)cc1. The summed E-state index contributed by atoms with van der Waals surface area (Å²) in [5, 5.41) is 0.800. The summed E-state index contributed by atoms with van der Waals surface area (Å²) in [6.45, 7) is 0.595. The molecule has 0 amide bonds. The molecule has 2 aromatic rings. The summed E-state index contributed by atoms with van der Waals surface area (Å²) in [5.74, 6) is 1.13. The Morgan fingerprint density at radius 2 is 1.79 bits per heavy atom. The second kappa shape index (κ2) is 6.60. The molecule has 0 radical (unpaired) electrons. The van der Waals surface area contributed by atoms with E-state index >= 15 is 0 Å². The van der Waals surface area contributed by atoms with Crippen molar-refractivity contribution in [2.45, 2.75) is 12.3 Å². The normalized spacial score (nSPS) is 12.2. The van der Waals surface area contributed by atoms with Crippen molar-refractivity contribution in [3.63, 3.8) is 0 Å². The summed E-state index contributed by atoms with van der Waals surface area (Å²) in [5.41, 5.74) is 8.24. The molecule has 0 saturated heterocycles. The van der Waals surface area contributed by atoms with Gasteiger partial charge >= 0.3 is 0 Å². The molecule has 0 aliphatic carbocycles. The van der Waals surface area contributed by atoms with E-state index in [0.717, 1.165) is 22.8 Å². The van der Waals surface area contributed by atoms with E-state index in [1.54, 1.807) is 7.11 Å². The number of ether oxygens (including phenoxy) is 1. The Hall–Kier alpha value is -1.51. The first kappa shape index (κ1) is 13.9. The number of halogens is 1. The second-order valence-electron chi connectivity index (χ2n) is 4.50. The predicted molar refractivity (Wildman–Crippen MR) is 79.9 cm³/mol. The van der Waals surface area contributed by atoms with Crippen LogP contribution in [0.15, 0.2) is 48.5 Å². The standard InChI is InChI=1S/C16H18ClNO/c1-19-15-8-6-12(7-9-15)14(11-18)10-13-4-2-3-5-16(13)17/h2-9,14H,10-11,18H2,1H3. The lowest BCUT2D eigenvalue weighted by molar-refractivity contribution is 0.414. The van der Waals surface area contributed by atoms with Crippen LogP contribution in [-0.4, -0.2) is 13.7 Å². The van der Waals surface area contributed by atoms with Gasteiger partial charge in [-0.1, -0.05) is 41.9 Å². The van der Waals surface area contributed by atoms with Gasteiger partial charge in [0.25, 0.3) is 0 Å². The number of rotatable bonds is 5. The Kier molecular flexibility index (Phi) is 4.83. The highest BCUT2D eigenvalue weighted by Gasteiger charge is 2.12. The molecular formula is C16H18ClNO. The summed E-state index contributed by atoms with van der Waals surface area (Å²) in [4.78, 5) is 0. The summed E-state index contributed by atoms with van der Waals surface area (Å²) < 4.78 is 5.17. The van der Waals surface area contributed by atoms with Crippen LogP contribution in [0.25, 0.3) is 0 Å². The van der Waals surface area contributed by atoms with Crippen LogP contribution in [0, 0.1) is 0 Å². The molecule has 1 unspecified atom stereocenters. The van der Waals surface area contributed by atoms with Gasteiger partial charge in [-0.25, -0.2) is 0 Å². The van der Waals surface area contributed by atoms with E-state index in [4.69, 9.17) is 22.1 Å². The lowest BCUT2D eigenvalue weighted by Gasteiger charge is -2.16. The summed E-state index contributed by atoms with van der Waals surface area (Å²) in [6, 6.07) is 16.0. The average molecular weight is 276 g/mol. The summed E-state index contributed by atoms with van der Waals surface area (Å²) >= 11 is 6.20. The van der Waals surface area contributed by atoms with E-state index in [1.807, 2.05) is 30.3 Å². The number of hydrogen-bond acceptors (Lipinski definition) is 2. The zero-order valence-electron chi connectivity index (χ0n) is 11.0. The molecule has 0 saturated carbocycles. The first-order chi connectivity index (χ1) is 9.24. The van der Waals surface area contributed by atoms with E-state index in [9.17, 15) is 0 Å². The fourth-order valence-corrected chi connectivity index (χ4v) is 2.36. The van der Waals surface area contributed by atoms with Crippen LogP contribution in [0.4, 0.5) is 0 Å². The number of hydrogen-bond donors (Lipinski definition) is 1. The molecule has 2 aromatic carbocycles. The third-order valence-corrected chi connectivity index (χ3v) is 3.66. The average Bonchev–Trinajstić information content (AvgIpc) is 2.47. The van der Waals surface area contributed by atoms with Crippen LogP contribution >= 0.6 is 11.6 Å². The summed E-state index contributed by atoms with van der Waals surface area (Å²) in [6.07, 6.45) is 0.850. The smallest absolute Gasteiger partial charge is 0.118 e. The van der Waals surface area contributed by atoms with E-state index in [0.29, 0.717) is 6.54 Å². The molecule has 2 rings (SSSR count). The first-order valence-corrected chi connectivity index (χ1v) is 6.70. The van der Waals surface area contributed by atoms with Crippen LogP contribution < -0.4 is 10.5 Å². The fraction of sp³-hybridized carbons (Fsp3) is 0.250. The highest BCUT2D eigenvalue weighted by atomic mass is 35.5. The van der Waals surface area contributed by atoms with Gasteiger partial charge in [-0.2, -0.15) is 0 Å². The maximum atomic E-state index is 6.20. The van der Waals surface area contributed by atoms with Crippen molar-refractivity contribution in [3.8, 4) is 5.75 Å². The molecule has 0 aliphatic rings. The van der Waals surface area contributed by atoms with Crippen molar-refractivity contribution >= 4 is 11.6 Å². The Morgan fingerprint density at radius 1 is 1.11 bits per heavy atom. The monoisotopic (exact) mass is 275 g/mol. The van der Waals surface area contributed by atoms with Crippen molar-refractivity contribution in [1.29, 1.82) is 0 Å². The van der Waals surface area contributed by atoms with Crippen LogP contribution in [0.3, 0.4) is 0 Å². The number of nitrogens with two attached hydrogens (primary N) is 1. The van der Waals surface area contributed by atoms with Gasteiger partial charge in [-0.3, -0.25) is 0 Å². The minimum absolute atomic E-state index is 0.269. The highest BCUT2D eigenvalue weighted by Crippen LogP contribution is 2.25. The molecule has 0 aromatic heterocycles. The van der Waals surface area contributed by atoms with Crippen molar-refractivity contribution < 1.29 is 4.74 Å². The molecule has 19 heavy (non-hydrogen) atoms. The molecule has 1 atom stereocenters. The Bertz CT molecular complexity index is 525. The Balaban J connectivity index is 2.17. The third kappa shape index (κ3) is 3.49. The molecule has 2 nitrogen and oxygen atoms in total. The molecule has 100 valence electrons. The molecule has 0 aliphatic heterocycles. The Labute approximate surface area is 119 Å². The minimum Gasteiger partial charge on any atom is -0.497 e. The molecule has 0 heterocycles. The van der Waals surface area contributed by atoms with Gasteiger partial charge in [-0.05, 0) is 42.3 Å². The van der Waals surface area contributed by atoms with E-state index in [1.165, 1.54) is 5.56 Å². The Morgan fingerprint density at radius 3 is 2.37 bits per heavy atom. The molecular weight excluding hydrogens is 258 g/mol. The maximum Gasteiger partial charge on any atom is 0.118 e. The first-order valence-electron chi connectivity index (χ1n) is 6.32. The van der Waals surface area contributed by atoms with E-state index < -0.39 is 0 Å². The van der Waals surface area contributed by atoms with Gasteiger partial charge in [0.2, 0.25) is 0 Å². The van der Waals surface area contributed by atoms with E-state index in [-0.39, 0.29) is 5.92 Å². The second-order valence-corrected chi connectivity index (χ2v) is 4.91. The van der Waals surface area contributed by atoms with E-state index in [2.05, 4.69) is 18.2 Å². The fourth-order valence-electron chi connectivity index (χ4n) is 2.14. The van der Waals surface area contributed by atoms with Crippen molar-refractivity contribution in [3.05, 3.63) is 64.7 Å². The van der Waals surface area contributed by atoms with Gasteiger partial charge < -0.3 is 10.5 Å². The molecule has 0 spiro atoms. The van der Waals surface area contributed by atoms with Crippen LogP contribution in [0.2, 0.25) is 5.02 Å². The van der Waals surface area contributed by atoms with Gasteiger partial charge in [0.15, 0.2) is 0 Å². The van der Waals surface area contributed by atoms with Gasteiger partial charge in [0.05, 0.1) is 7.11 Å². The molecule has 0 bridgehead atoms. The largest absolute Gasteiger partial charge is 0.497 e. The molecule has 0 fully saturated rings. The number of benzene rings is 2. The summed E-state index contributed by atoms with van der Waals surface area (Å²) in [7, 11) is 1.67.